The second-order valence-electron chi connectivity index (χ2n) is 4.33. The predicted molar refractivity (Wildman–Crippen MR) is 73.1 cm³/mol. The Bertz CT molecular complexity index is 410. The minimum absolute atomic E-state index is 0.363. The number of hydrogen-bond acceptors (Lipinski definition) is 2. The number of ether oxygens (including phenoxy) is 2. The number of hydrogen-bond donors (Lipinski definition) is 0. The van der Waals surface area contributed by atoms with E-state index in [1.807, 2.05) is 24.3 Å². The number of rotatable bonds is 3. The first kappa shape index (κ1) is 13.3. The molecule has 0 aromatic heterocycles. The highest BCUT2D eigenvalue weighted by atomic mass is 35.5. The molecule has 0 atom stereocenters. The van der Waals surface area contributed by atoms with E-state index in [9.17, 15) is 0 Å². The Kier molecular flexibility index (Phi) is 5.38. The highest BCUT2D eigenvalue weighted by Gasteiger charge is 2.14. The molecule has 1 aromatic carbocycles. The molecule has 2 rings (SSSR count). The van der Waals surface area contributed by atoms with E-state index in [0.29, 0.717) is 11.8 Å². The molecule has 1 aliphatic rings. The molecule has 2 nitrogen and oxygen atoms in total. The first-order chi connectivity index (χ1) is 8.88. The van der Waals surface area contributed by atoms with Gasteiger partial charge in [-0.25, -0.2) is 0 Å². The Morgan fingerprint density at radius 3 is 2.61 bits per heavy atom. The summed E-state index contributed by atoms with van der Waals surface area (Å²) in [4.78, 5) is 0. The normalized spacial score (nSPS) is 15.8. The highest BCUT2D eigenvalue weighted by Crippen LogP contribution is 2.18. The van der Waals surface area contributed by atoms with Crippen LogP contribution in [-0.4, -0.2) is 25.7 Å². The summed E-state index contributed by atoms with van der Waals surface area (Å²) in [5.41, 5.74) is 0.967. The first-order valence-electron chi connectivity index (χ1n) is 6.24. The van der Waals surface area contributed by atoms with Crippen LogP contribution in [0.3, 0.4) is 0 Å². The van der Waals surface area contributed by atoms with Crippen molar-refractivity contribution in [2.45, 2.75) is 12.8 Å². The van der Waals surface area contributed by atoms with Crippen LogP contribution in [0.4, 0.5) is 0 Å². The molecule has 18 heavy (non-hydrogen) atoms. The van der Waals surface area contributed by atoms with Crippen molar-refractivity contribution < 1.29 is 9.47 Å². The molecular formula is C15H17ClO2. The molecule has 0 amide bonds. The molecule has 1 fully saturated rings. The Labute approximate surface area is 113 Å². The van der Waals surface area contributed by atoms with Gasteiger partial charge in [-0.05, 0) is 43.0 Å². The molecule has 96 valence electrons. The van der Waals surface area contributed by atoms with E-state index in [1.54, 1.807) is 0 Å². The van der Waals surface area contributed by atoms with Crippen LogP contribution in [0.15, 0.2) is 24.3 Å². The molecule has 0 saturated carbocycles. The maximum atomic E-state index is 5.78. The monoisotopic (exact) mass is 264 g/mol. The standard InChI is InChI=1S/C15H17ClO2/c16-9-1-2-13-3-5-15(6-4-13)18-12-14-7-10-17-11-8-14/h3-6,14H,7-12H2. The maximum absolute atomic E-state index is 5.78. The summed E-state index contributed by atoms with van der Waals surface area (Å²) in [5, 5.41) is 0. The number of halogens is 1. The summed E-state index contributed by atoms with van der Waals surface area (Å²) < 4.78 is 11.1. The van der Waals surface area contributed by atoms with E-state index in [1.165, 1.54) is 0 Å². The van der Waals surface area contributed by atoms with Crippen molar-refractivity contribution in [1.82, 2.24) is 0 Å². The fraction of sp³-hybridized carbons (Fsp3) is 0.467. The summed E-state index contributed by atoms with van der Waals surface area (Å²) in [6.07, 6.45) is 2.19. The van der Waals surface area contributed by atoms with Gasteiger partial charge in [-0.1, -0.05) is 11.8 Å². The Morgan fingerprint density at radius 2 is 1.94 bits per heavy atom. The van der Waals surface area contributed by atoms with Crippen molar-refractivity contribution >= 4 is 11.6 Å². The summed E-state index contributed by atoms with van der Waals surface area (Å²) in [7, 11) is 0. The molecule has 1 saturated heterocycles. The fourth-order valence-corrected chi connectivity index (χ4v) is 1.96. The third-order valence-electron chi connectivity index (χ3n) is 2.98. The minimum Gasteiger partial charge on any atom is -0.493 e. The average Bonchev–Trinajstić information content (AvgIpc) is 2.45. The van der Waals surface area contributed by atoms with Gasteiger partial charge in [0.05, 0.1) is 12.5 Å². The van der Waals surface area contributed by atoms with E-state index in [-0.39, 0.29) is 0 Å². The van der Waals surface area contributed by atoms with Crippen molar-refractivity contribution in [1.29, 1.82) is 0 Å². The van der Waals surface area contributed by atoms with Crippen molar-refractivity contribution in [2.24, 2.45) is 5.92 Å². The lowest BCUT2D eigenvalue weighted by molar-refractivity contribution is 0.0497. The van der Waals surface area contributed by atoms with E-state index in [4.69, 9.17) is 21.1 Å². The largest absolute Gasteiger partial charge is 0.493 e. The molecule has 0 spiro atoms. The SMILES string of the molecule is ClCC#Cc1ccc(OCC2CCOCC2)cc1. The maximum Gasteiger partial charge on any atom is 0.119 e. The molecule has 0 bridgehead atoms. The summed E-state index contributed by atoms with van der Waals surface area (Å²) in [6.45, 7) is 2.50. The fourth-order valence-electron chi connectivity index (χ4n) is 1.90. The zero-order valence-electron chi connectivity index (χ0n) is 10.3. The number of benzene rings is 1. The second kappa shape index (κ2) is 7.31. The van der Waals surface area contributed by atoms with Crippen LogP contribution in [0.5, 0.6) is 5.75 Å². The van der Waals surface area contributed by atoms with Crippen LogP contribution < -0.4 is 4.74 Å². The molecular weight excluding hydrogens is 248 g/mol. The molecule has 0 aliphatic carbocycles. The molecule has 0 N–H and O–H groups in total. The van der Waals surface area contributed by atoms with Crippen LogP contribution in [0.25, 0.3) is 0 Å². The van der Waals surface area contributed by atoms with Gasteiger partial charge in [0.2, 0.25) is 0 Å². The summed E-state index contributed by atoms with van der Waals surface area (Å²) in [5.74, 6) is 7.69. The van der Waals surface area contributed by atoms with Gasteiger partial charge >= 0.3 is 0 Å². The average molecular weight is 265 g/mol. The molecule has 1 aromatic rings. The molecule has 3 heteroatoms. The van der Waals surface area contributed by atoms with Crippen molar-refractivity contribution in [3.05, 3.63) is 29.8 Å². The van der Waals surface area contributed by atoms with Gasteiger partial charge in [-0.15, -0.1) is 11.6 Å². The minimum atomic E-state index is 0.363. The van der Waals surface area contributed by atoms with E-state index in [0.717, 1.165) is 44.0 Å². The van der Waals surface area contributed by atoms with Crippen LogP contribution >= 0.6 is 11.6 Å². The highest BCUT2D eigenvalue weighted by molar-refractivity contribution is 6.19. The van der Waals surface area contributed by atoms with Crippen LogP contribution in [-0.2, 0) is 4.74 Å². The third-order valence-corrected chi connectivity index (χ3v) is 3.11. The summed E-state index contributed by atoms with van der Waals surface area (Å²) >= 11 is 5.51. The Balaban J connectivity index is 1.82. The zero-order chi connectivity index (χ0) is 12.6. The van der Waals surface area contributed by atoms with E-state index < -0.39 is 0 Å². The molecule has 0 radical (unpaired) electrons. The number of alkyl halides is 1. The Hall–Kier alpha value is -1.17. The lowest BCUT2D eigenvalue weighted by Gasteiger charge is -2.22. The Morgan fingerprint density at radius 1 is 1.22 bits per heavy atom. The van der Waals surface area contributed by atoms with Crippen molar-refractivity contribution in [3.8, 4) is 17.6 Å². The van der Waals surface area contributed by atoms with Crippen molar-refractivity contribution in [3.63, 3.8) is 0 Å². The van der Waals surface area contributed by atoms with E-state index in [2.05, 4.69) is 11.8 Å². The third kappa shape index (κ3) is 4.25. The van der Waals surface area contributed by atoms with Gasteiger partial charge in [-0.3, -0.25) is 0 Å². The second-order valence-corrected chi connectivity index (χ2v) is 4.59. The van der Waals surface area contributed by atoms with Crippen molar-refractivity contribution in [2.75, 3.05) is 25.7 Å². The van der Waals surface area contributed by atoms with Crippen LogP contribution in [0.2, 0.25) is 0 Å². The quantitative estimate of drug-likeness (QED) is 0.617. The molecule has 1 aliphatic heterocycles. The molecule has 0 unspecified atom stereocenters. The van der Waals surface area contributed by atoms with Crippen LogP contribution in [0, 0.1) is 17.8 Å². The van der Waals surface area contributed by atoms with Gasteiger partial charge in [-0.2, -0.15) is 0 Å². The van der Waals surface area contributed by atoms with E-state index >= 15 is 0 Å². The smallest absolute Gasteiger partial charge is 0.119 e. The van der Waals surface area contributed by atoms with Crippen LogP contribution in [0.1, 0.15) is 18.4 Å². The topological polar surface area (TPSA) is 18.5 Å². The first-order valence-corrected chi connectivity index (χ1v) is 6.77. The van der Waals surface area contributed by atoms with Gasteiger partial charge in [0.25, 0.3) is 0 Å². The van der Waals surface area contributed by atoms with Gasteiger partial charge < -0.3 is 9.47 Å². The summed E-state index contributed by atoms with van der Waals surface area (Å²) in [6, 6.07) is 7.83. The molecule has 1 heterocycles. The van der Waals surface area contributed by atoms with Gasteiger partial charge in [0.15, 0.2) is 0 Å². The zero-order valence-corrected chi connectivity index (χ0v) is 11.1. The lowest BCUT2D eigenvalue weighted by Crippen LogP contribution is -2.21. The lowest BCUT2D eigenvalue weighted by atomic mass is 10.0. The van der Waals surface area contributed by atoms with Gasteiger partial charge in [0, 0.05) is 18.8 Å². The van der Waals surface area contributed by atoms with Gasteiger partial charge in [0.1, 0.15) is 5.75 Å². The predicted octanol–water partition coefficient (Wildman–Crippen LogP) is 3.08.